The Balaban J connectivity index is 1.52. The van der Waals surface area contributed by atoms with Gasteiger partial charge in [0.1, 0.15) is 12.4 Å². The minimum absolute atomic E-state index is 0.0917. The first-order valence-corrected chi connectivity index (χ1v) is 9.18. The molecular formula is C23H29NO. The second-order valence-electron chi connectivity index (χ2n) is 7.66. The molecule has 0 saturated heterocycles. The van der Waals surface area contributed by atoms with E-state index in [1.165, 1.54) is 16.7 Å². The highest BCUT2D eigenvalue weighted by Gasteiger charge is 2.15. The number of ether oxygens (including phenoxy) is 1. The van der Waals surface area contributed by atoms with E-state index in [0.29, 0.717) is 6.61 Å². The summed E-state index contributed by atoms with van der Waals surface area (Å²) >= 11 is 0. The lowest BCUT2D eigenvalue weighted by atomic mass is 9.93. The Morgan fingerprint density at radius 2 is 1.84 bits per heavy atom. The Kier molecular flexibility index (Phi) is 5.60. The smallest absolute Gasteiger partial charge is 0.122 e. The van der Waals surface area contributed by atoms with E-state index in [4.69, 9.17) is 4.74 Å². The van der Waals surface area contributed by atoms with Crippen LogP contribution in [-0.2, 0) is 11.3 Å². The van der Waals surface area contributed by atoms with Crippen LogP contribution >= 0.6 is 0 Å². The Bertz CT molecular complexity index is 707. The van der Waals surface area contributed by atoms with E-state index < -0.39 is 0 Å². The zero-order valence-corrected chi connectivity index (χ0v) is 15.7. The predicted octanol–water partition coefficient (Wildman–Crippen LogP) is 5.26. The molecular weight excluding hydrogens is 306 g/mol. The Morgan fingerprint density at radius 3 is 2.56 bits per heavy atom. The summed E-state index contributed by atoms with van der Waals surface area (Å²) in [7, 11) is 0. The summed E-state index contributed by atoms with van der Waals surface area (Å²) in [6, 6.07) is 10.7. The van der Waals surface area contributed by atoms with Gasteiger partial charge in [0.15, 0.2) is 0 Å². The lowest BCUT2D eigenvalue weighted by Crippen LogP contribution is -2.29. The van der Waals surface area contributed by atoms with Gasteiger partial charge >= 0.3 is 0 Å². The van der Waals surface area contributed by atoms with Gasteiger partial charge in [-0.1, -0.05) is 68.5 Å². The first-order chi connectivity index (χ1) is 12.0. The van der Waals surface area contributed by atoms with Crippen LogP contribution in [0.25, 0.3) is 0 Å². The molecule has 0 atom stereocenters. The molecule has 0 N–H and O–H groups in total. The van der Waals surface area contributed by atoms with E-state index in [0.717, 1.165) is 31.8 Å². The SMILES string of the molecule is CC1=C(OCC2=CCN(Cc3ccccc3)CC2)C=CC(C)(C)C=C1. The van der Waals surface area contributed by atoms with E-state index >= 15 is 0 Å². The first-order valence-electron chi connectivity index (χ1n) is 9.18. The second-order valence-corrected chi connectivity index (χ2v) is 7.66. The molecule has 2 heteroatoms. The van der Waals surface area contributed by atoms with E-state index in [9.17, 15) is 0 Å². The molecule has 2 nitrogen and oxygen atoms in total. The average Bonchev–Trinajstić information content (AvgIpc) is 2.74. The standard InChI is InChI=1S/C23H29NO/c1-19-9-13-23(2,3)14-10-22(19)25-18-21-11-15-24(16-12-21)17-20-7-5-4-6-8-20/h4-11,13-14H,12,15-18H2,1-3H3. The molecule has 3 rings (SSSR count). The van der Waals surface area contributed by atoms with Crippen molar-refractivity contribution in [3.05, 3.63) is 83.2 Å². The van der Waals surface area contributed by atoms with Crippen LogP contribution in [0.4, 0.5) is 0 Å². The van der Waals surface area contributed by atoms with Gasteiger partial charge in [0.05, 0.1) is 0 Å². The Hall–Kier alpha value is -2.06. The molecule has 1 heterocycles. The molecule has 0 radical (unpaired) electrons. The summed E-state index contributed by atoms with van der Waals surface area (Å²) in [5, 5.41) is 0. The third-order valence-electron chi connectivity index (χ3n) is 4.87. The number of hydrogen-bond donors (Lipinski definition) is 0. The maximum Gasteiger partial charge on any atom is 0.122 e. The van der Waals surface area contributed by atoms with Gasteiger partial charge in [0.25, 0.3) is 0 Å². The van der Waals surface area contributed by atoms with Crippen LogP contribution in [0.2, 0.25) is 0 Å². The van der Waals surface area contributed by atoms with Gasteiger partial charge in [0.2, 0.25) is 0 Å². The lowest BCUT2D eigenvalue weighted by Gasteiger charge is -2.26. The summed E-state index contributed by atoms with van der Waals surface area (Å²) in [6.45, 7) is 10.4. The highest BCUT2D eigenvalue weighted by atomic mass is 16.5. The maximum atomic E-state index is 6.12. The van der Waals surface area contributed by atoms with Crippen molar-refractivity contribution >= 4 is 0 Å². The molecule has 0 fully saturated rings. The minimum atomic E-state index is 0.0917. The van der Waals surface area contributed by atoms with E-state index in [-0.39, 0.29) is 5.41 Å². The molecule has 1 aromatic rings. The van der Waals surface area contributed by atoms with Crippen molar-refractivity contribution in [3.8, 4) is 0 Å². The van der Waals surface area contributed by atoms with Crippen molar-refractivity contribution in [1.82, 2.24) is 4.90 Å². The monoisotopic (exact) mass is 335 g/mol. The minimum Gasteiger partial charge on any atom is -0.489 e. The zero-order valence-electron chi connectivity index (χ0n) is 15.7. The van der Waals surface area contributed by atoms with Crippen LogP contribution < -0.4 is 0 Å². The largest absolute Gasteiger partial charge is 0.489 e. The van der Waals surface area contributed by atoms with Gasteiger partial charge in [-0.15, -0.1) is 0 Å². The van der Waals surface area contributed by atoms with E-state index in [1.807, 2.05) is 0 Å². The summed E-state index contributed by atoms with van der Waals surface area (Å²) < 4.78 is 6.12. The molecule has 1 aliphatic heterocycles. The molecule has 0 amide bonds. The molecule has 0 unspecified atom stereocenters. The van der Waals surface area contributed by atoms with E-state index in [1.54, 1.807) is 0 Å². The third-order valence-corrected chi connectivity index (χ3v) is 4.87. The van der Waals surface area contributed by atoms with Crippen LogP contribution in [-0.4, -0.2) is 24.6 Å². The molecule has 0 aromatic heterocycles. The molecule has 132 valence electrons. The molecule has 1 aromatic carbocycles. The van der Waals surface area contributed by atoms with Gasteiger partial charge < -0.3 is 4.74 Å². The quantitative estimate of drug-likeness (QED) is 0.680. The highest BCUT2D eigenvalue weighted by molar-refractivity contribution is 5.34. The maximum absolute atomic E-state index is 6.12. The van der Waals surface area contributed by atoms with E-state index in [2.05, 4.69) is 86.4 Å². The van der Waals surface area contributed by atoms with Gasteiger partial charge in [-0.05, 0) is 36.1 Å². The van der Waals surface area contributed by atoms with Crippen molar-refractivity contribution in [2.45, 2.75) is 33.7 Å². The van der Waals surface area contributed by atoms with Crippen molar-refractivity contribution in [2.24, 2.45) is 5.41 Å². The Morgan fingerprint density at radius 1 is 1.08 bits per heavy atom. The summed E-state index contributed by atoms with van der Waals surface area (Å²) in [4.78, 5) is 2.49. The van der Waals surface area contributed by atoms with Gasteiger partial charge in [-0.3, -0.25) is 4.90 Å². The Labute approximate surface area is 152 Å². The van der Waals surface area contributed by atoms with Crippen LogP contribution in [0.15, 0.2) is 77.6 Å². The number of allylic oxidation sites excluding steroid dienone is 5. The van der Waals surface area contributed by atoms with Crippen LogP contribution in [0.3, 0.4) is 0 Å². The predicted molar refractivity (Wildman–Crippen MR) is 105 cm³/mol. The van der Waals surface area contributed by atoms with Crippen LogP contribution in [0, 0.1) is 5.41 Å². The zero-order chi connectivity index (χ0) is 17.7. The number of hydrogen-bond acceptors (Lipinski definition) is 2. The average molecular weight is 335 g/mol. The van der Waals surface area contributed by atoms with Crippen LogP contribution in [0.5, 0.6) is 0 Å². The van der Waals surface area contributed by atoms with Crippen LogP contribution in [0.1, 0.15) is 32.8 Å². The number of rotatable bonds is 5. The van der Waals surface area contributed by atoms with Crippen molar-refractivity contribution in [2.75, 3.05) is 19.7 Å². The molecule has 0 bridgehead atoms. The lowest BCUT2D eigenvalue weighted by molar-refractivity contribution is 0.229. The fourth-order valence-electron chi connectivity index (χ4n) is 3.10. The van der Waals surface area contributed by atoms with Gasteiger partial charge in [-0.2, -0.15) is 0 Å². The second kappa shape index (κ2) is 7.88. The highest BCUT2D eigenvalue weighted by Crippen LogP contribution is 2.26. The van der Waals surface area contributed by atoms with Gasteiger partial charge in [-0.25, -0.2) is 0 Å². The normalized spacial score (nSPS) is 20.4. The molecule has 1 aliphatic carbocycles. The third kappa shape index (κ3) is 5.20. The van der Waals surface area contributed by atoms with Crippen molar-refractivity contribution in [3.63, 3.8) is 0 Å². The summed E-state index contributed by atoms with van der Waals surface area (Å²) in [5.41, 5.74) is 4.08. The summed E-state index contributed by atoms with van der Waals surface area (Å²) in [6.07, 6.45) is 12.2. The number of nitrogens with zero attached hydrogens (tertiary/aromatic N) is 1. The summed E-state index contributed by atoms with van der Waals surface area (Å²) in [5.74, 6) is 0.995. The molecule has 25 heavy (non-hydrogen) atoms. The van der Waals surface area contributed by atoms with Gasteiger partial charge in [0, 0.05) is 25.0 Å². The fourth-order valence-corrected chi connectivity index (χ4v) is 3.10. The van der Waals surface area contributed by atoms with Crippen molar-refractivity contribution < 1.29 is 4.74 Å². The first kappa shape index (κ1) is 17.8. The molecule has 0 saturated carbocycles. The number of benzene rings is 1. The fraction of sp³-hybridized carbons (Fsp3) is 0.391. The van der Waals surface area contributed by atoms with Crippen molar-refractivity contribution in [1.29, 1.82) is 0 Å². The molecule has 2 aliphatic rings. The molecule has 0 spiro atoms. The topological polar surface area (TPSA) is 12.5 Å².